The van der Waals surface area contributed by atoms with Gasteiger partial charge < -0.3 is 0 Å². The van der Waals surface area contributed by atoms with Crippen molar-refractivity contribution in [3.8, 4) is 0 Å². The molecule has 2 amide bonds. The highest BCUT2D eigenvalue weighted by Gasteiger charge is 2.41. The van der Waals surface area contributed by atoms with Crippen LogP contribution in [0.3, 0.4) is 0 Å². The molecule has 0 aliphatic carbocycles. The summed E-state index contributed by atoms with van der Waals surface area (Å²) < 4.78 is 39.8. The lowest BCUT2D eigenvalue weighted by Gasteiger charge is -2.08. The van der Waals surface area contributed by atoms with Crippen LogP contribution in [0.15, 0.2) is 47.4 Å². The van der Waals surface area contributed by atoms with Crippen LogP contribution in [0.5, 0.6) is 0 Å². The minimum absolute atomic E-state index is 0.111. The van der Waals surface area contributed by atoms with Crippen LogP contribution in [0.25, 0.3) is 27.9 Å². The first-order valence-corrected chi connectivity index (χ1v) is 8.47. The van der Waals surface area contributed by atoms with Crippen LogP contribution in [-0.2, 0) is 4.79 Å². The van der Waals surface area contributed by atoms with E-state index >= 15 is 0 Å². The van der Waals surface area contributed by atoms with E-state index in [2.05, 4.69) is 5.32 Å². The Morgan fingerprint density at radius 3 is 2.41 bits per heavy atom. The Hall–Kier alpha value is -3.07. The summed E-state index contributed by atoms with van der Waals surface area (Å²) in [7, 11) is 0. The molecular formula is C18H9F3N2O3S. The Bertz CT molecular complexity index is 1180. The molecule has 9 heteroatoms. The van der Waals surface area contributed by atoms with E-state index in [4.69, 9.17) is 0 Å². The highest BCUT2D eigenvalue weighted by atomic mass is 32.2. The molecule has 0 bridgehead atoms. The van der Waals surface area contributed by atoms with Crippen LogP contribution in [0.1, 0.15) is 10.4 Å². The van der Waals surface area contributed by atoms with Crippen molar-refractivity contribution < 1.29 is 27.6 Å². The van der Waals surface area contributed by atoms with Gasteiger partial charge in [0.05, 0.1) is 15.9 Å². The maximum Gasteiger partial charge on any atom is 0.472 e. The van der Waals surface area contributed by atoms with Crippen LogP contribution >= 0.6 is 11.8 Å². The third-order valence-electron chi connectivity index (χ3n) is 4.08. The van der Waals surface area contributed by atoms with Crippen molar-refractivity contribution in [2.75, 3.05) is 0 Å². The number of imide groups is 1. The SMILES string of the molecule is O=C1NC(=O)C(=Cc2ccc3c(c2)c2ccccc2n3C(=O)C(F)(F)F)S1. The molecule has 0 radical (unpaired) electrons. The zero-order valence-corrected chi connectivity index (χ0v) is 14.1. The zero-order valence-electron chi connectivity index (χ0n) is 13.3. The molecule has 5 nitrogen and oxygen atoms in total. The number of para-hydroxylation sites is 1. The first-order valence-electron chi connectivity index (χ1n) is 7.65. The smallest absolute Gasteiger partial charge is 0.282 e. The Kier molecular flexibility index (Phi) is 3.84. The van der Waals surface area contributed by atoms with Crippen molar-refractivity contribution in [1.82, 2.24) is 9.88 Å². The molecule has 1 N–H and O–H groups in total. The average molecular weight is 390 g/mol. The van der Waals surface area contributed by atoms with Crippen LogP contribution in [0.4, 0.5) is 18.0 Å². The maximum atomic E-state index is 13.0. The fourth-order valence-electron chi connectivity index (χ4n) is 3.00. The van der Waals surface area contributed by atoms with E-state index in [1.54, 1.807) is 24.3 Å². The number of aromatic nitrogens is 1. The molecule has 0 unspecified atom stereocenters. The molecule has 3 aromatic rings. The van der Waals surface area contributed by atoms with E-state index in [1.807, 2.05) is 0 Å². The number of carbonyl (C=O) groups is 3. The van der Waals surface area contributed by atoms with Crippen LogP contribution in [0, 0.1) is 0 Å². The highest BCUT2D eigenvalue weighted by Crippen LogP contribution is 2.33. The summed E-state index contributed by atoms with van der Waals surface area (Å²) in [6.45, 7) is 0. The number of hydrogen-bond acceptors (Lipinski definition) is 4. The van der Waals surface area contributed by atoms with E-state index in [1.165, 1.54) is 24.3 Å². The average Bonchev–Trinajstić information content (AvgIpc) is 3.10. The number of alkyl halides is 3. The lowest BCUT2D eigenvalue weighted by Crippen LogP contribution is -2.28. The van der Waals surface area contributed by atoms with Crippen LogP contribution in [-0.4, -0.2) is 27.8 Å². The summed E-state index contributed by atoms with van der Waals surface area (Å²) in [5.74, 6) is -2.50. The molecule has 2 aromatic carbocycles. The Morgan fingerprint density at radius 1 is 1.04 bits per heavy atom. The van der Waals surface area contributed by atoms with Gasteiger partial charge in [-0.1, -0.05) is 24.3 Å². The molecule has 0 atom stereocenters. The maximum absolute atomic E-state index is 13.0. The van der Waals surface area contributed by atoms with E-state index in [0.29, 0.717) is 20.9 Å². The molecule has 2 heterocycles. The summed E-state index contributed by atoms with van der Waals surface area (Å²) in [6.07, 6.45) is -3.55. The summed E-state index contributed by atoms with van der Waals surface area (Å²) in [5, 5.41) is 2.56. The van der Waals surface area contributed by atoms with Gasteiger partial charge in [-0.05, 0) is 41.6 Å². The molecular weight excluding hydrogens is 381 g/mol. The second-order valence-corrected chi connectivity index (χ2v) is 6.80. The lowest BCUT2D eigenvalue weighted by atomic mass is 10.1. The van der Waals surface area contributed by atoms with E-state index in [9.17, 15) is 27.6 Å². The van der Waals surface area contributed by atoms with Gasteiger partial charge in [0.25, 0.3) is 11.1 Å². The number of nitrogens with zero attached hydrogens (tertiary/aromatic N) is 1. The van der Waals surface area contributed by atoms with Crippen molar-refractivity contribution in [1.29, 1.82) is 0 Å². The van der Waals surface area contributed by atoms with Crippen molar-refractivity contribution in [2.24, 2.45) is 0 Å². The molecule has 27 heavy (non-hydrogen) atoms. The van der Waals surface area contributed by atoms with E-state index in [-0.39, 0.29) is 15.9 Å². The number of hydrogen-bond donors (Lipinski definition) is 1. The lowest BCUT2D eigenvalue weighted by molar-refractivity contribution is -0.115. The number of thioether (sulfide) groups is 1. The highest BCUT2D eigenvalue weighted by molar-refractivity contribution is 8.18. The molecule has 1 saturated heterocycles. The first-order chi connectivity index (χ1) is 12.8. The molecule has 1 aromatic heterocycles. The fourth-order valence-corrected chi connectivity index (χ4v) is 3.68. The van der Waals surface area contributed by atoms with Gasteiger partial charge in [-0.25, -0.2) is 0 Å². The number of carbonyl (C=O) groups excluding carboxylic acids is 3. The number of amides is 2. The Balaban J connectivity index is 1.94. The Labute approximate surface area is 153 Å². The van der Waals surface area contributed by atoms with Gasteiger partial charge in [-0.15, -0.1) is 0 Å². The molecule has 4 rings (SSSR count). The summed E-state index contributed by atoms with van der Waals surface area (Å²) in [5.41, 5.74) is 0.778. The number of nitrogens with one attached hydrogen (secondary N) is 1. The van der Waals surface area contributed by atoms with Gasteiger partial charge in [0, 0.05) is 10.8 Å². The molecule has 1 fully saturated rings. The summed E-state index contributed by atoms with van der Waals surface area (Å²) in [4.78, 5) is 35.0. The van der Waals surface area contributed by atoms with E-state index < -0.39 is 23.2 Å². The Morgan fingerprint density at radius 2 is 1.74 bits per heavy atom. The largest absolute Gasteiger partial charge is 0.472 e. The van der Waals surface area contributed by atoms with Crippen LogP contribution in [0.2, 0.25) is 0 Å². The standard InChI is InChI=1S/C18H9F3N2O3S/c19-18(20,21)16(25)23-12-4-2-1-3-10(12)11-7-9(5-6-13(11)23)8-14-15(24)22-17(26)27-14/h1-8H,(H,22,24,26). The quantitative estimate of drug-likeness (QED) is 0.629. The van der Waals surface area contributed by atoms with Gasteiger partial charge in [-0.2, -0.15) is 13.2 Å². The van der Waals surface area contributed by atoms with Crippen molar-refractivity contribution in [3.05, 3.63) is 52.9 Å². The number of halogens is 3. The summed E-state index contributed by atoms with van der Waals surface area (Å²) in [6, 6.07) is 10.7. The fraction of sp³-hybridized carbons (Fsp3) is 0.0556. The predicted molar refractivity (Wildman–Crippen MR) is 95.2 cm³/mol. The normalized spacial score (nSPS) is 16.5. The molecule has 0 spiro atoms. The third kappa shape index (κ3) is 2.89. The van der Waals surface area contributed by atoms with Gasteiger partial charge >= 0.3 is 12.1 Å². The minimum atomic E-state index is -5.02. The molecule has 1 aliphatic heterocycles. The van der Waals surface area contributed by atoms with Gasteiger partial charge in [0.2, 0.25) is 0 Å². The second kappa shape index (κ2) is 5.98. The third-order valence-corrected chi connectivity index (χ3v) is 4.89. The second-order valence-electron chi connectivity index (χ2n) is 5.78. The topological polar surface area (TPSA) is 68.2 Å². The zero-order chi connectivity index (χ0) is 19.3. The molecule has 0 saturated carbocycles. The monoisotopic (exact) mass is 390 g/mol. The van der Waals surface area contributed by atoms with Gasteiger partial charge in [0.1, 0.15) is 0 Å². The first kappa shape index (κ1) is 17.3. The number of rotatable bonds is 1. The predicted octanol–water partition coefficient (Wildman–Crippen LogP) is 4.32. The van der Waals surface area contributed by atoms with Crippen molar-refractivity contribution in [2.45, 2.75) is 6.18 Å². The van der Waals surface area contributed by atoms with Crippen LogP contribution < -0.4 is 5.32 Å². The van der Waals surface area contributed by atoms with Crippen molar-refractivity contribution >= 4 is 56.7 Å². The molecule has 136 valence electrons. The number of fused-ring (bicyclic) bond motifs is 3. The number of benzene rings is 2. The van der Waals surface area contributed by atoms with Gasteiger partial charge in [-0.3, -0.25) is 24.3 Å². The van der Waals surface area contributed by atoms with Gasteiger partial charge in [0.15, 0.2) is 0 Å². The molecule has 1 aliphatic rings. The minimum Gasteiger partial charge on any atom is -0.282 e. The van der Waals surface area contributed by atoms with Crippen molar-refractivity contribution in [3.63, 3.8) is 0 Å². The summed E-state index contributed by atoms with van der Waals surface area (Å²) >= 11 is 0.744. The van der Waals surface area contributed by atoms with E-state index in [0.717, 1.165) is 11.8 Å².